The molecule has 0 aliphatic carbocycles. The minimum atomic E-state index is -1.80. The molecule has 3 aromatic rings. The van der Waals surface area contributed by atoms with Gasteiger partial charge in [-0.15, -0.1) is 34.0 Å². The fourth-order valence-corrected chi connectivity index (χ4v) is 5.84. The van der Waals surface area contributed by atoms with Crippen molar-refractivity contribution in [2.75, 3.05) is 0 Å². The molecule has 3 rings (SSSR count). The Balaban J connectivity index is 0.000000653. The van der Waals surface area contributed by atoms with Crippen molar-refractivity contribution in [2.24, 2.45) is 17.8 Å². The van der Waals surface area contributed by atoms with Gasteiger partial charge in [-0.05, 0) is 74.4 Å². The Labute approximate surface area is 316 Å². The Hall–Kier alpha value is -2.89. The monoisotopic (exact) mass is 828 g/mol. The first-order valence-electron chi connectivity index (χ1n) is 12.9. The van der Waals surface area contributed by atoms with Crippen LogP contribution in [0.4, 0.5) is 0 Å². The predicted octanol–water partition coefficient (Wildman–Crippen LogP) is -0.556. The first kappa shape index (κ1) is 43.1. The molecular weight excluding hydrogens is 800 g/mol. The van der Waals surface area contributed by atoms with Crippen molar-refractivity contribution < 1.29 is 108 Å². The summed E-state index contributed by atoms with van der Waals surface area (Å²) in [6.07, 6.45) is 0.416. The fourth-order valence-electron chi connectivity index (χ4n) is 3.58. The minimum Gasteiger partial charge on any atom is -0.542 e. The van der Waals surface area contributed by atoms with Crippen LogP contribution in [0.1, 0.15) is 35.4 Å². The van der Waals surface area contributed by atoms with Gasteiger partial charge < -0.3 is 29.7 Å². The molecule has 3 heterocycles. The van der Waals surface area contributed by atoms with Crippen molar-refractivity contribution in [1.82, 2.24) is 0 Å². The number of hydrogen-bond donors (Lipinski definition) is 0. The molecule has 0 aliphatic rings. The molecule has 46 heavy (non-hydrogen) atoms. The van der Waals surface area contributed by atoms with Crippen LogP contribution >= 0.6 is 34.0 Å². The maximum Gasteiger partial charge on any atom is 3.00 e. The summed E-state index contributed by atoms with van der Waals surface area (Å²) in [6, 6.07) is 10.6. The van der Waals surface area contributed by atoms with E-state index < -0.39 is 70.4 Å². The van der Waals surface area contributed by atoms with Crippen molar-refractivity contribution >= 4 is 86.6 Å². The predicted molar refractivity (Wildman–Crippen MR) is 157 cm³/mol. The van der Waals surface area contributed by atoms with Gasteiger partial charge in [-0.3, -0.25) is 28.8 Å². The number of Topliss-reactive ketones (excluding diaryl/α,β-unsaturated/α-hetero) is 6. The van der Waals surface area contributed by atoms with Gasteiger partial charge in [0.25, 0.3) is 0 Å². The summed E-state index contributed by atoms with van der Waals surface area (Å²) >= 11 is 4.14. The van der Waals surface area contributed by atoms with E-state index in [1.165, 1.54) is 54.8 Å². The van der Waals surface area contributed by atoms with Crippen molar-refractivity contribution in [3.8, 4) is 0 Å². The zero-order chi connectivity index (χ0) is 34.3. The van der Waals surface area contributed by atoms with E-state index in [4.69, 9.17) is 0 Å². The smallest absolute Gasteiger partial charge is 0.542 e. The van der Waals surface area contributed by atoms with Gasteiger partial charge in [0.2, 0.25) is 0 Å². The number of thiophene rings is 3. The van der Waals surface area contributed by atoms with E-state index in [2.05, 4.69) is 0 Å². The van der Waals surface area contributed by atoms with E-state index in [0.717, 1.165) is 14.6 Å². The second-order valence-corrected chi connectivity index (χ2v) is 12.4. The second-order valence-electron chi connectivity index (χ2n) is 9.30. The SMILES string of the molecule is CC(=O)C(Cc1cccs1)C(=O)C(=O)[O-].CC(=O)C(Cc1cccs1)C(=O)C(=O)[O-].CC(=O)C(Cc1cccs1)C(=O)C(=O)[O-].[Eu+3]. The zero-order valence-corrected chi connectivity index (χ0v) is 29.4. The van der Waals surface area contributed by atoms with E-state index in [9.17, 15) is 58.5 Å². The number of carbonyl (C=O) groups excluding carboxylic acids is 9. The van der Waals surface area contributed by atoms with Gasteiger partial charge in [0.1, 0.15) is 35.3 Å². The number of ketones is 6. The third-order valence-electron chi connectivity index (χ3n) is 5.98. The van der Waals surface area contributed by atoms with Crippen LogP contribution in [0.25, 0.3) is 0 Å². The van der Waals surface area contributed by atoms with Gasteiger partial charge in [0.05, 0.1) is 17.8 Å². The van der Waals surface area contributed by atoms with Gasteiger partial charge in [-0.2, -0.15) is 0 Å². The van der Waals surface area contributed by atoms with E-state index in [1.807, 2.05) is 0 Å². The summed E-state index contributed by atoms with van der Waals surface area (Å²) in [5.74, 6) is -13.5. The molecule has 0 bridgehead atoms. The molecule has 0 saturated heterocycles. The number of carboxylic acid groups (broad SMARTS) is 3. The molecule has 0 N–H and O–H groups in total. The molecule has 244 valence electrons. The van der Waals surface area contributed by atoms with Gasteiger partial charge in [0.15, 0.2) is 17.3 Å². The largest absolute Gasteiger partial charge is 3.00 e. The summed E-state index contributed by atoms with van der Waals surface area (Å²) in [7, 11) is 0. The summed E-state index contributed by atoms with van der Waals surface area (Å²) < 4.78 is 0. The molecule has 0 amide bonds. The van der Waals surface area contributed by atoms with E-state index in [-0.39, 0.29) is 68.6 Å². The van der Waals surface area contributed by atoms with Crippen molar-refractivity contribution in [2.45, 2.75) is 40.0 Å². The van der Waals surface area contributed by atoms with Crippen molar-refractivity contribution in [3.05, 3.63) is 67.2 Å². The molecule has 0 fully saturated rings. The summed E-state index contributed by atoms with van der Waals surface area (Å²) in [5.41, 5.74) is 0. The van der Waals surface area contributed by atoms with Crippen molar-refractivity contribution in [3.63, 3.8) is 0 Å². The van der Waals surface area contributed by atoms with E-state index in [1.54, 1.807) is 52.5 Å². The number of aliphatic carboxylic acids is 3. The topological polar surface area (TPSA) is 223 Å². The van der Waals surface area contributed by atoms with Crippen LogP contribution < -0.4 is 15.3 Å². The number of hydrogen-bond acceptors (Lipinski definition) is 15. The summed E-state index contributed by atoms with van der Waals surface area (Å²) in [4.78, 5) is 100. The van der Waals surface area contributed by atoms with Crippen LogP contribution in [0.15, 0.2) is 52.5 Å². The molecule has 3 unspecified atom stereocenters. The average Bonchev–Trinajstić information content (AvgIpc) is 3.77. The Morgan fingerprint density at radius 1 is 0.500 bits per heavy atom. The molecule has 0 aliphatic heterocycles. The Bertz CT molecular complexity index is 1330. The molecule has 12 nitrogen and oxygen atoms in total. The standard InChI is InChI=1S/3C10H10O4S.Eu/c3*1-6(11)8(9(12)10(13)14)5-7-3-2-4-15-7;/h3*2-4,8H,5H2,1H3,(H,13,14);/q;;;+3/p-3. The van der Waals surface area contributed by atoms with Gasteiger partial charge in [-0.1, -0.05) is 18.2 Å². The van der Waals surface area contributed by atoms with Crippen molar-refractivity contribution in [1.29, 1.82) is 0 Å². The molecule has 0 radical (unpaired) electrons. The van der Waals surface area contributed by atoms with Gasteiger partial charge in [0, 0.05) is 14.6 Å². The van der Waals surface area contributed by atoms with Crippen LogP contribution in [0.3, 0.4) is 0 Å². The molecule has 3 aromatic heterocycles. The summed E-state index contributed by atoms with van der Waals surface area (Å²) in [5, 5.41) is 36.5. The Morgan fingerprint density at radius 3 is 0.848 bits per heavy atom. The van der Waals surface area contributed by atoms with Gasteiger partial charge >= 0.3 is 49.4 Å². The molecular formula is C30H27EuO12S3. The number of rotatable bonds is 15. The Kier molecular flexibility index (Phi) is 20.5. The number of carbonyl (C=O) groups is 9. The van der Waals surface area contributed by atoms with Crippen LogP contribution in [-0.2, 0) is 62.4 Å². The van der Waals surface area contributed by atoms with Crippen LogP contribution in [-0.4, -0.2) is 52.6 Å². The average molecular weight is 828 g/mol. The Morgan fingerprint density at radius 2 is 0.717 bits per heavy atom. The maximum absolute atomic E-state index is 11.1. The zero-order valence-electron chi connectivity index (χ0n) is 24.6. The first-order valence-corrected chi connectivity index (χ1v) is 15.5. The third kappa shape index (κ3) is 15.1. The third-order valence-corrected chi connectivity index (χ3v) is 8.68. The minimum absolute atomic E-state index is 0. The van der Waals surface area contributed by atoms with Crippen LogP contribution in [0.5, 0.6) is 0 Å². The molecule has 0 saturated carbocycles. The molecule has 16 heteroatoms. The maximum atomic E-state index is 11.1. The fraction of sp³-hybridized carbons (Fsp3) is 0.300. The quantitative estimate of drug-likeness (QED) is 0.139. The number of carboxylic acids is 3. The van der Waals surface area contributed by atoms with E-state index >= 15 is 0 Å². The van der Waals surface area contributed by atoms with Crippen LogP contribution in [0, 0.1) is 67.1 Å². The van der Waals surface area contributed by atoms with Gasteiger partial charge in [-0.25, -0.2) is 0 Å². The summed E-state index contributed by atoms with van der Waals surface area (Å²) in [6.45, 7) is 3.62. The van der Waals surface area contributed by atoms with Crippen LogP contribution in [0.2, 0.25) is 0 Å². The second kappa shape index (κ2) is 21.8. The first-order chi connectivity index (χ1) is 21.1. The molecule has 0 aromatic carbocycles. The normalized spacial score (nSPS) is 11.8. The molecule has 3 atom stereocenters. The van der Waals surface area contributed by atoms with E-state index in [0.29, 0.717) is 0 Å². The molecule has 0 spiro atoms.